The summed E-state index contributed by atoms with van der Waals surface area (Å²) in [6, 6.07) is 7.61. The number of nitrogens with one attached hydrogen (secondary N) is 1. The molecule has 0 aliphatic heterocycles. The molecule has 2 heteroatoms. The predicted molar refractivity (Wildman–Crippen MR) is 42.1 cm³/mol. The molecule has 1 heterocycles. The molecule has 0 aliphatic rings. The van der Waals surface area contributed by atoms with E-state index in [2.05, 4.69) is 11.2 Å². The Morgan fingerprint density at radius 3 is 3.20 bits per heavy atom. The molecule has 1 N–H and O–H groups in total. The third kappa shape index (κ3) is 0.792. The smallest absolute Gasteiger partial charge is 0.0630 e. The van der Waals surface area contributed by atoms with Crippen LogP contribution in [0.1, 0.15) is 0 Å². The molecule has 0 fully saturated rings. The Kier molecular flexibility index (Phi) is 1.18. The van der Waals surface area contributed by atoms with Gasteiger partial charge in [-0.1, -0.05) is 17.7 Å². The Hall–Kier alpha value is -0.950. The van der Waals surface area contributed by atoms with E-state index in [-0.39, 0.29) is 0 Å². The van der Waals surface area contributed by atoms with Crippen molar-refractivity contribution in [3.05, 3.63) is 35.5 Å². The van der Waals surface area contributed by atoms with Crippen LogP contribution in [0.4, 0.5) is 0 Å². The van der Waals surface area contributed by atoms with Crippen molar-refractivity contribution in [2.75, 3.05) is 0 Å². The summed E-state index contributed by atoms with van der Waals surface area (Å²) < 4.78 is 0. The van der Waals surface area contributed by atoms with Crippen LogP contribution in [-0.4, -0.2) is 4.98 Å². The third-order valence-corrected chi connectivity index (χ3v) is 1.68. The summed E-state index contributed by atoms with van der Waals surface area (Å²) in [6.45, 7) is 0. The molecule has 1 aromatic heterocycles. The molecular formula is C8H5ClN. The second kappa shape index (κ2) is 2.03. The molecule has 0 saturated heterocycles. The fraction of sp³-hybridized carbons (Fsp3) is 0. The standard InChI is InChI=1S/C8H5ClN/c9-7-2-1-6-3-4-10-8(6)5-7/h1-3,5,10H. The number of aromatic nitrogens is 1. The molecule has 0 spiro atoms. The maximum Gasteiger partial charge on any atom is 0.0630 e. The molecule has 1 aromatic carbocycles. The Balaban J connectivity index is 2.86. The average Bonchev–Trinajstić information content (AvgIpc) is 2.33. The SMILES string of the molecule is Clc1ccc2c[c][nH]c2c1. The van der Waals surface area contributed by atoms with Gasteiger partial charge >= 0.3 is 0 Å². The largest absolute Gasteiger partial charge is 0.353 e. The Labute approximate surface area is 63.6 Å². The van der Waals surface area contributed by atoms with Gasteiger partial charge in [0, 0.05) is 15.9 Å². The van der Waals surface area contributed by atoms with E-state index in [1.165, 1.54) is 0 Å². The van der Waals surface area contributed by atoms with Gasteiger partial charge in [0.1, 0.15) is 0 Å². The molecule has 0 amide bonds. The van der Waals surface area contributed by atoms with Crippen molar-refractivity contribution in [1.82, 2.24) is 4.98 Å². The van der Waals surface area contributed by atoms with Gasteiger partial charge in [0.05, 0.1) is 6.20 Å². The van der Waals surface area contributed by atoms with E-state index in [0.717, 1.165) is 15.9 Å². The first-order chi connectivity index (χ1) is 4.86. The summed E-state index contributed by atoms with van der Waals surface area (Å²) in [5, 5.41) is 1.90. The predicted octanol–water partition coefficient (Wildman–Crippen LogP) is 2.62. The lowest BCUT2D eigenvalue weighted by Crippen LogP contribution is -1.65. The van der Waals surface area contributed by atoms with E-state index < -0.39 is 0 Å². The summed E-state index contributed by atoms with van der Waals surface area (Å²) in [7, 11) is 0. The number of H-pyrrole nitrogens is 1. The second-order valence-electron chi connectivity index (χ2n) is 2.15. The highest BCUT2D eigenvalue weighted by Crippen LogP contribution is 2.16. The summed E-state index contributed by atoms with van der Waals surface area (Å²) in [6.07, 6.45) is 2.88. The van der Waals surface area contributed by atoms with Crippen molar-refractivity contribution in [3.63, 3.8) is 0 Å². The van der Waals surface area contributed by atoms with Crippen LogP contribution in [0.3, 0.4) is 0 Å². The summed E-state index contributed by atoms with van der Waals surface area (Å²) >= 11 is 5.74. The number of hydrogen-bond acceptors (Lipinski definition) is 0. The lowest BCUT2D eigenvalue weighted by atomic mass is 10.2. The first kappa shape index (κ1) is 5.81. The molecule has 2 rings (SSSR count). The maximum atomic E-state index is 5.74. The average molecular weight is 151 g/mol. The monoisotopic (exact) mass is 150 g/mol. The van der Waals surface area contributed by atoms with Crippen molar-refractivity contribution < 1.29 is 0 Å². The molecular weight excluding hydrogens is 146 g/mol. The summed E-state index contributed by atoms with van der Waals surface area (Å²) in [5.74, 6) is 0. The van der Waals surface area contributed by atoms with E-state index >= 15 is 0 Å². The molecule has 0 bridgehead atoms. The normalized spacial score (nSPS) is 10.5. The van der Waals surface area contributed by atoms with E-state index in [4.69, 9.17) is 11.6 Å². The van der Waals surface area contributed by atoms with Crippen LogP contribution in [-0.2, 0) is 0 Å². The zero-order valence-electron chi connectivity index (χ0n) is 5.19. The highest BCUT2D eigenvalue weighted by atomic mass is 35.5. The number of fused-ring (bicyclic) bond motifs is 1. The highest BCUT2D eigenvalue weighted by Gasteiger charge is 1.92. The number of benzene rings is 1. The van der Waals surface area contributed by atoms with Gasteiger partial charge in [0.25, 0.3) is 0 Å². The first-order valence-corrected chi connectivity index (χ1v) is 3.38. The Bertz CT molecular complexity index is 351. The highest BCUT2D eigenvalue weighted by molar-refractivity contribution is 6.31. The molecule has 49 valence electrons. The minimum Gasteiger partial charge on any atom is -0.353 e. The molecule has 0 atom stereocenters. The van der Waals surface area contributed by atoms with Crippen LogP contribution in [0.2, 0.25) is 5.02 Å². The molecule has 2 aromatic rings. The fourth-order valence-electron chi connectivity index (χ4n) is 0.954. The third-order valence-electron chi connectivity index (χ3n) is 1.45. The molecule has 0 aliphatic carbocycles. The van der Waals surface area contributed by atoms with Gasteiger partial charge in [0.2, 0.25) is 0 Å². The van der Waals surface area contributed by atoms with Crippen molar-refractivity contribution in [2.24, 2.45) is 0 Å². The number of aromatic amines is 1. The zero-order chi connectivity index (χ0) is 6.97. The zero-order valence-corrected chi connectivity index (χ0v) is 5.94. The number of hydrogen-bond donors (Lipinski definition) is 1. The van der Waals surface area contributed by atoms with Crippen LogP contribution in [0.25, 0.3) is 10.9 Å². The molecule has 1 nitrogen and oxygen atoms in total. The quantitative estimate of drug-likeness (QED) is 0.594. The van der Waals surface area contributed by atoms with E-state index in [1.54, 1.807) is 0 Å². The lowest BCUT2D eigenvalue weighted by Gasteiger charge is -1.88. The summed E-state index contributed by atoms with van der Waals surface area (Å²) in [5.41, 5.74) is 1.03. The minimum absolute atomic E-state index is 0.753. The van der Waals surface area contributed by atoms with Gasteiger partial charge in [-0.05, 0) is 18.2 Å². The first-order valence-electron chi connectivity index (χ1n) is 3.00. The molecule has 0 unspecified atom stereocenters. The van der Waals surface area contributed by atoms with Crippen LogP contribution in [0.5, 0.6) is 0 Å². The molecule has 0 saturated carbocycles. The van der Waals surface area contributed by atoms with Gasteiger partial charge < -0.3 is 4.98 Å². The van der Waals surface area contributed by atoms with E-state index in [0.29, 0.717) is 0 Å². The Morgan fingerprint density at radius 1 is 1.40 bits per heavy atom. The van der Waals surface area contributed by atoms with Crippen molar-refractivity contribution in [1.29, 1.82) is 0 Å². The second-order valence-corrected chi connectivity index (χ2v) is 2.58. The molecule has 1 radical (unpaired) electrons. The van der Waals surface area contributed by atoms with Gasteiger partial charge in [-0.25, -0.2) is 0 Å². The minimum atomic E-state index is 0.753. The maximum absolute atomic E-state index is 5.74. The van der Waals surface area contributed by atoms with E-state index in [9.17, 15) is 0 Å². The van der Waals surface area contributed by atoms with Crippen molar-refractivity contribution in [3.8, 4) is 0 Å². The van der Waals surface area contributed by atoms with Crippen LogP contribution in [0.15, 0.2) is 24.3 Å². The topological polar surface area (TPSA) is 15.8 Å². The fourth-order valence-corrected chi connectivity index (χ4v) is 1.13. The number of rotatable bonds is 0. The molecule has 10 heavy (non-hydrogen) atoms. The van der Waals surface area contributed by atoms with Gasteiger partial charge in [-0.15, -0.1) is 0 Å². The van der Waals surface area contributed by atoms with Gasteiger partial charge in [-0.3, -0.25) is 0 Å². The lowest BCUT2D eigenvalue weighted by molar-refractivity contribution is 1.46. The van der Waals surface area contributed by atoms with Crippen LogP contribution >= 0.6 is 11.6 Å². The van der Waals surface area contributed by atoms with Crippen molar-refractivity contribution in [2.45, 2.75) is 0 Å². The van der Waals surface area contributed by atoms with Crippen LogP contribution < -0.4 is 0 Å². The van der Waals surface area contributed by atoms with Crippen LogP contribution in [0, 0.1) is 6.20 Å². The summed E-state index contributed by atoms with van der Waals surface area (Å²) in [4.78, 5) is 2.95. The van der Waals surface area contributed by atoms with Crippen molar-refractivity contribution >= 4 is 22.5 Å². The van der Waals surface area contributed by atoms with E-state index in [1.807, 2.05) is 24.3 Å². The number of halogens is 1. The Morgan fingerprint density at radius 2 is 2.30 bits per heavy atom. The van der Waals surface area contributed by atoms with Gasteiger partial charge in [-0.2, -0.15) is 0 Å². The van der Waals surface area contributed by atoms with Gasteiger partial charge in [0.15, 0.2) is 0 Å².